The van der Waals surface area contributed by atoms with Gasteiger partial charge in [-0.15, -0.1) is 0 Å². The maximum atomic E-state index is 13.9. The molecule has 2 aromatic carbocycles. The van der Waals surface area contributed by atoms with Crippen molar-refractivity contribution in [3.8, 4) is 0 Å². The monoisotopic (exact) mass is 844 g/mol. The summed E-state index contributed by atoms with van der Waals surface area (Å²) in [5.41, 5.74) is 8.53. The van der Waals surface area contributed by atoms with Crippen molar-refractivity contribution in [2.75, 3.05) is 11.5 Å². The van der Waals surface area contributed by atoms with Crippen molar-refractivity contribution in [1.29, 1.82) is 0 Å². The van der Waals surface area contributed by atoms with Crippen LogP contribution in [-0.2, 0) is 9.47 Å². The smallest absolute Gasteiger partial charge is 0.263 e. The highest BCUT2D eigenvalue weighted by Gasteiger charge is 2.56. The van der Waals surface area contributed by atoms with Gasteiger partial charge in [0.25, 0.3) is 12.9 Å². The predicted octanol–water partition coefficient (Wildman–Crippen LogP) is 5.81. The van der Waals surface area contributed by atoms with E-state index in [4.69, 9.17) is 20.9 Å². The summed E-state index contributed by atoms with van der Waals surface area (Å²) in [5, 5.41) is 44.8. The third kappa shape index (κ3) is 7.51. The Hall–Kier alpha value is -5.38. The van der Waals surface area contributed by atoms with Gasteiger partial charge in [-0.2, -0.15) is 0 Å². The third-order valence-corrected chi connectivity index (χ3v) is 11.4. The Labute approximate surface area is 338 Å². The van der Waals surface area contributed by atoms with Crippen LogP contribution in [-0.4, -0.2) is 85.1 Å². The number of anilines is 2. The van der Waals surface area contributed by atoms with E-state index in [1.54, 1.807) is 38.4 Å². The third-order valence-electron chi connectivity index (χ3n) is 11.4. The van der Waals surface area contributed by atoms with E-state index in [2.05, 4.69) is 19.9 Å². The molecule has 0 saturated carbocycles. The van der Waals surface area contributed by atoms with E-state index < -0.39 is 95.5 Å². The van der Waals surface area contributed by atoms with Gasteiger partial charge < -0.3 is 50.5 Å². The van der Waals surface area contributed by atoms with Gasteiger partial charge in [-0.05, 0) is 73.5 Å². The fourth-order valence-electron chi connectivity index (χ4n) is 8.11. The first-order valence-electron chi connectivity index (χ1n) is 18.6. The number of alkyl halides is 4. The summed E-state index contributed by atoms with van der Waals surface area (Å²) in [6, 6.07) is 9.45. The number of aromatic nitrogens is 6. The fraction of sp³-hybridized carbons (Fsp3) is 0.400. The zero-order valence-corrected chi connectivity index (χ0v) is 32.4. The number of nitrogens with two attached hydrogens (primary N) is 2. The van der Waals surface area contributed by atoms with Crippen LogP contribution in [0.15, 0.2) is 73.6 Å². The molecule has 0 aliphatic carbocycles. The van der Waals surface area contributed by atoms with Crippen molar-refractivity contribution in [2.45, 2.75) is 100 Å². The molecule has 6 aromatic rings. The number of aliphatic hydroxyl groups excluding tert-OH is 2. The molecule has 0 spiro atoms. The Kier molecular flexibility index (Phi) is 11.3. The fourth-order valence-corrected chi connectivity index (χ4v) is 8.11. The SMILES string of the molecule is C[C@@H](c1cc(F)cc(C(F)F)c1)[C@H]1O[C@@H](n2ccc3c(N)ncnc32)[C@H](O)[C@]1(C)O.C[C@H](c1cc(F)cc(C(F)F)c1)[C@H]1O[C@@H](n2ccc3c(N)ncnc32)[C@H](O)[C@]1(C)O. The van der Waals surface area contributed by atoms with Gasteiger partial charge in [-0.25, -0.2) is 46.3 Å². The molecule has 0 radical (unpaired) electrons. The number of hydrogen-bond donors (Lipinski definition) is 6. The van der Waals surface area contributed by atoms with Crippen LogP contribution in [0.4, 0.5) is 38.0 Å². The minimum absolute atomic E-state index is 0.229. The number of nitrogen functional groups attached to an aromatic ring is 2. The quantitative estimate of drug-likeness (QED) is 0.100. The molecule has 10 atom stereocenters. The first kappa shape index (κ1) is 42.7. The van der Waals surface area contributed by atoms with Crippen LogP contribution in [0, 0.1) is 11.6 Å². The minimum atomic E-state index is -2.84. The zero-order chi connectivity index (χ0) is 43.6. The maximum Gasteiger partial charge on any atom is 0.263 e. The summed E-state index contributed by atoms with van der Waals surface area (Å²) in [5.74, 6) is -2.52. The van der Waals surface area contributed by atoms with E-state index in [-0.39, 0.29) is 22.8 Å². The molecule has 2 fully saturated rings. The van der Waals surface area contributed by atoms with Crippen LogP contribution >= 0.6 is 0 Å². The number of halogens is 6. The topological polar surface area (TPSA) is 213 Å². The van der Waals surface area contributed by atoms with Gasteiger partial charge in [0.2, 0.25) is 0 Å². The lowest BCUT2D eigenvalue weighted by Crippen LogP contribution is -2.46. The molecule has 8 N–H and O–H groups in total. The average molecular weight is 845 g/mol. The second-order valence-electron chi connectivity index (χ2n) is 15.5. The summed E-state index contributed by atoms with van der Waals surface area (Å²) in [4.78, 5) is 16.2. The van der Waals surface area contributed by atoms with Gasteiger partial charge in [-0.1, -0.05) is 13.8 Å². The molecular formula is C40H42F6N8O6. The number of aliphatic hydroxyl groups is 4. The van der Waals surface area contributed by atoms with Crippen LogP contribution in [0.25, 0.3) is 22.1 Å². The standard InChI is InChI=1S/2C20H21F3N4O3/c2*1-9(10-5-11(16(22)23)7-12(21)6-10)15-20(2,29)14(28)19(30-15)27-4-3-13-17(24)25-8-26-18(13)27/h2*3-9,14-16,19,28-29H,1-2H3,(H2,24,25,26)/t9-,14+,15-,19-,20+;9-,14-,15+,19+,20-/m10/s1. The van der Waals surface area contributed by atoms with E-state index >= 15 is 0 Å². The zero-order valence-electron chi connectivity index (χ0n) is 32.4. The molecule has 320 valence electrons. The van der Waals surface area contributed by atoms with Crippen molar-refractivity contribution >= 4 is 33.7 Å². The highest BCUT2D eigenvalue weighted by molar-refractivity contribution is 5.86. The van der Waals surface area contributed by atoms with Crippen LogP contribution in [0.5, 0.6) is 0 Å². The number of rotatable bonds is 8. The minimum Gasteiger partial charge on any atom is -0.385 e. The molecule has 4 aromatic heterocycles. The molecular weight excluding hydrogens is 802 g/mol. The molecule has 2 aliphatic rings. The predicted molar refractivity (Wildman–Crippen MR) is 205 cm³/mol. The second kappa shape index (κ2) is 15.9. The lowest BCUT2D eigenvalue weighted by molar-refractivity contribution is -0.0705. The van der Waals surface area contributed by atoms with Crippen molar-refractivity contribution in [1.82, 2.24) is 29.1 Å². The largest absolute Gasteiger partial charge is 0.385 e. The second-order valence-corrected chi connectivity index (χ2v) is 15.5. The van der Waals surface area contributed by atoms with Gasteiger partial charge in [0.15, 0.2) is 12.5 Å². The Morgan fingerprint density at radius 1 is 0.617 bits per heavy atom. The van der Waals surface area contributed by atoms with Crippen LogP contribution in [0.2, 0.25) is 0 Å². The molecule has 14 nitrogen and oxygen atoms in total. The molecule has 2 saturated heterocycles. The maximum absolute atomic E-state index is 13.9. The molecule has 20 heteroatoms. The van der Waals surface area contributed by atoms with Crippen molar-refractivity contribution < 1.29 is 56.2 Å². The van der Waals surface area contributed by atoms with E-state index in [1.165, 1.54) is 47.8 Å². The first-order valence-corrected chi connectivity index (χ1v) is 18.6. The average Bonchev–Trinajstić information content (AvgIpc) is 3.93. The number of fused-ring (bicyclic) bond motifs is 2. The number of benzene rings is 2. The molecule has 0 amide bonds. The number of hydrogen-bond acceptors (Lipinski definition) is 12. The first-order chi connectivity index (χ1) is 28.2. The van der Waals surface area contributed by atoms with Crippen molar-refractivity contribution in [3.05, 3.63) is 107 Å². The summed E-state index contributed by atoms with van der Waals surface area (Å²) in [6.07, 6.45) is -6.77. The molecule has 2 aliphatic heterocycles. The Balaban J connectivity index is 0.000000181. The van der Waals surface area contributed by atoms with Gasteiger partial charge in [0, 0.05) is 35.4 Å². The number of ether oxygens (including phenoxy) is 2. The van der Waals surface area contributed by atoms with Crippen LogP contribution in [0.1, 0.15) is 87.1 Å². The van der Waals surface area contributed by atoms with Gasteiger partial charge in [0.05, 0.1) is 23.0 Å². The van der Waals surface area contributed by atoms with Crippen LogP contribution < -0.4 is 11.5 Å². The molecule has 6 heterocycles. The van der Waals surface area contributed by atoms with Crippen LogP contribution in [0.3, 0.4) is 0 Å². The van der Waals surface area contributed by atoms with E-state index in [0.29, 0.717) is 22.1 Å². The lowest BCUT2D eigenvalue weighted by Gasteiger charge is -2.31. The van der Waals surface area contributed by atoms with E-state index in [9.17, 15) is 46.8 Å². The Bertz CT molecular complexity index is 2350. The Morgan fingerprint density at radius 2 is 0.967 bits per heavy atom. The normalized spacial score (nSPS) is 27.8. The van der Waals surface area contributed by atoms with Crippen molar-refractivity contribution in [3.63, 3.8) is 0 Å². The lowest BCUT2D eigenvalue weighted by atomic mass is 9.83. The summed E-state index contributed by atoms with van der Waals surface area (Å²) in [7, 11) is 0. The van der Waals surface area contributed by atoms with E-state index in [1.807, 2.05) is 0 Å². The highest BCUT2D eigenvalue weighted by atomic mass is 19.3. The van der Waals surface area contributed by atoms with E-state index in [0.717, 1.165) is 24.3 Å². The highest BCUT2D eigenvalue weighted by Crippen LogP contribution is 2.46. The number of nitrogens with zero attached hydrogens (tertiary/aromatic N) is 6. The van der Waals surface area contributed by atoms with Gasteiger partial charge in [-0.3, -0.25) is 0 Å². The van der Waals surface area contributed by atoms with Gasteiger partial charge >= 0.3 is 0 Å². The molecule has 60 heavy (non-hydrogen) atoms. The summed E-state index contributed by atoms with van der Waals surface area (Å²) in [6.45, 7) is 6.01. The molecule has 0 bridgehead atoms. The summed E-state index contributed by atoms with van der Waals surface area (Å²) >= 11 is 0. The Morgan fingerprint density at radius 3 is 1.32 bits per heavy atom. The van der Waals surface area contributed by atoms with Gasteiger partial charge in [0.1, 0.15) is 70.6 Å². The molecule has 8 rings (SSSR count). The van der Waals surface area contributed by atoms with Crippen molar-refractivity contribution in [2.24, 2.45) is 0 Å². The molecule has 0 unspecified atom stereocenters. The summed E-state index contributed by atoms with van der Waals surface area (Å²) < 4.78 is 95.2.